The van der Waals surface area contributed by atoms with Crippen LogP contribution in [0.1, 0.15) is 12.8 Å². The molecule has 5 heteroatoms. The number of nitrogens with zero attached hydrogens (tertiary/aromatic N) is 1. The van der Waals surface area contributed by atoms with Gasteiger partial charge in [-0.2, -0.15) is 0 Å². The summed E-state index contributed by atoms with van der Waals surface area (Å²) in [5.74, 6) is 0. The molecule has 1 aliphatic rings. The largest absolute Gasteiger partial charge is 0.331 e. The van der Waals surface area contributed by atoms with Crippen molar-refractivity contribution in [3.05, 3.63) is 0 Å². The zero-order chi connectivity index (χ0) is 9.90. The van der Waals surface area contributed by atoms with Gasteiger partial charge in [0, 0.05) is 45.2 Å². The van der Waals surface area contributed by atoms with Gasteiger partial charge in [-0.1, -0.05) is 0 Å². The van der Waals surface area contributed by atoms with E-state index in [-0.39, 0.29) is 6.10 Å². The first-order chi connectivity index (χ1) is 5.99. The molecule has 0 bridgehead atoms. The Labute approximate surface area is 107 Å². The molecule has 1 atom stereocenters. The van der Waals surface area contributed by atoms with Gasteiger partial charge in [0.25, 0.3) is 1.80 Å². The van der Waals surface area contributed by atoms with Crippen LogP contribution in [0.25, 0.3) is 0 Å². The van der Waals surface area contributed by atoms with Crippen molar-refractivity contribution >= 4 is 45.2 Å². The van der Waals surface area contributed by atoms with E-state index in [2.05, 4.69) is 64.2 Å². The molecule has 3 nitrogen and oxygen atoms in total. The highest BCUT2D eigenvalue weighted by Gasteiger charge is 2.35. The van der Waals surface area contributed by atoms with Gasteiger partial charge in [0.1, 0.15) is 0 Å². The molecule has 0 saturated carbocycles. The molecule has 0 aliphatic carbocycles. The normalized spacial score (nSPS) is 27.0. The molecule has 0 amide bonds. The molecule has 1 heterocycles. The minimum atomic E-state index is -0.418. The third-order valence-corrected chi connectivity index (χ3v) is 3.00. The van der Waals surface area contributed by atoms with Crippen molar-refractivity contribution in [3.8, 4) is 0 Å². The standard InChI is InChI=1S/C8H15I2NO2/c1-11(2)5-3-4-7-6-12-8(9,10)13-7/h7H,3-6H2,1-2H3. The molecule has 1 aliphatic heterocycles. The van der Waals surface area contributed by atoms with E-state index in [0.717, 1.165) is 19.6 Å². The number of rotatable bonds is 4. The van der Waals surface area contributed by atoms with Crippen LogP contribution in [0.3, 0.4) is 0 Å². The molecule has 0 aromatic rings. The number of halogens is 2. The first kappa shape index (κ1) is 12.4. The fourth-order valence-corrected chi connectivity index (χ4v) is 2.31. The van der Waals surface area contributed by atoms with Crippen LogP contribution < -0.4 is 0 Å². The second-order valence-electron chi connectivity index (χ2n) is 3.46. The number of ether oxygens (including phenoxy) is 2. The maximum Gasteiger partial charge on any atom is 0.275 e. The molecule has 1 rings (SSSR count). The monoisotopic (exact) mass is 411 g/mol. The van der Waals surface area contributed by atoms with E-state index in [0.29, 0.717) is 0 Å². The van der Waals surface area contributed by atoms with Crippen molar-refractivity contribution in [1.29, 1.82) is 0 Å². The zero-order valence-electron chi connectivity index (χ0n) is 7.93. The van der Waals surface area contributed by atoms with E-state index in [1.807, 2.05) is 0 Å². The molecular formula is C8H15I2NO2. The minimum absolute atomic E-state index is 0.286. The maximum atomic E-state index is 5.66. The quantitative estimate of drug-likeness (QED) is 0.524. The summed E-state index contributed by atoms with van der Waals surface area (Å²) in [6, 6.07) is 0. The predicted molar refractivity (Wildman–Crippen MR) is 69.4 cm³/mol. The SMILES string of the molecule is CN(C)CCCC1COC(I)(I)O1. The summed E-state index contributed by atoms with van der Waals surface area (Å²) in [5.41, 5.74) is 0. The van der Waals surface area contributed by atoms with Crippen molar-refractivity contribution in [1.82, 2.24) is 4.90 Å². The van der Waals surface area contributed by atoms with Gasteiger partial charge in [-0.25, -0.2) is 0 Å². The molecular weight excluding hydrogens is 396 g/mol. The van der Waals surface area contributed by atoms with Crippen LogP contribution in [0.2, 0.25) is 0 Å². The fraction of sp³-hybridized carbons (Fsp3) is 1.00. The molecule has 0 radical (unpaired) electrons. The van der Waals surface area contributed by atoms with Gasteiger partial charge in [-0.3, -0.25) is 0 Å². The number of alkyl halides is 2. The molecule has 1 saturated heterocycles. The lowest BCUT2D eigenvalue weighted by Crippen LogP contribution is -2.18. The van der Waals surface area contributed by atoms with Crippen LogP contribution >= 0.6 is 45.2 Å². The van der Waals surface area contributed by atoms with Crippen molar-refractivity contribution in [2.24, 2.45) is 0 Å². The van der Waals surface area contributed by atoms with E-state index in [1.165, 1.54) is 6.42 Å². The number of hydrogen-bond donors (Lipinski definition) is 0. The van der Waals surface area contributed by atoms with E-state index >= 15 is 0 Å². The Kier molecular flexibility index (Phi) is 5.18. The van der Waals surface area contributed by atoms with Crippen molar-refractivity contribution in [2.45, 2.75) is 20.7 Å². The molecule has 0 aromatic heterocycles. The Morgan fingerprint density at radius 3 is 2.62 bits per heavy atom. The molecule has 1 unspecified atom stereocenters. The third-order valence-electron chi connectivity index (χ3n) is 1.87. The van der Waals surface area contributed by atoms with Crippen LogP contribution in [-0.4, -0.2) is 40.1 Å². The molecule has 13 heavy (non-hydrogen) atoms. The van der Waals surface area contributed by atoms with E-state index in [4.69, 9.17) is 9.47 Å². The summed E-state index contributed by atoms with van der Waals surface area (Å²) >= 11 is 4.36. The zero-order valence-corrected chi connectivity index (χ0v) is 12.2. The molecule has 78 valence electrons. The van der Waals surface area contributed by atoms with Crippen molar-refractivity contribution in [2.75, 3.05) is 27.2 Å². The van der Waals surface area contributed by atoms with Gasteiger partial charge in [-0.05, 0) is 33.5 Å². The summed E-state index contributed by atoms with van der Waals surface area (Å²) in [5, 5.41) is 0. The lowest BCUT2D eigenvalue weighted by molar-refractivity contribution is 0.0116. The van der Waals surface area contributed by atoms with Crippen LogP contribution in [0.4, 0.5) is 0 Å². The Morgan fingerprint density at radius 2 is 2.15 bits per heavy atom. The summed E-state index contributed by atoms with van der Waals surface area (Å²) in [4.78, 5) is 2.19. The van der Waals surface area contributed by atoms with Gasteiger partial charge in [0.15, 0.2) is 0 Å². The highest BCUT2D eigenvalue weighted by atomic mass is 127. The summed E-state index contributed by atoms with van der Waals surface area (Å²) in [6.07, 6.45) is 2.55. The van der Waals surface area contributed by atoms with Crippen molar-refractivity contribution in [3.63, 3.8) is 0 Å². The molecule has 0 spiro atoms. The summed E-state index contributed by atoms with van der Waals surface area (Å²) in [6.45, 7) is 1.86. The second-order valence-corrected chi connectivity index (χ2v) is 8.36. The molecule has 1 fully saturated rings. The lowest BCUT2D eigenvalue weighted by atomic mass is 10.2. The third kappa shape index (κ3) is 5.10. The van der Waals surface area contributed by atoms with Crippen LogP contribution in [0.5, 0.6) is 0 Å². The van der Waals surface area contributed by atoms with E-state index in [9.17, 15) is 0 Å². The Bertz CT molecular complexity index is 164. The highest BCUT2D eigenvalue weighted by Crippen LogP contribution is 2.37. The second kappa shape index (κ2) is 5.43. The van der Waals surface area contributed by atoms with Gasteiger partial charge in [-0.15, -0.1) is 0 Å². The van der Waals surface area contributed by atoms with E-state index < -0.39 is 1.80 Å². The van der Waals surface area contributed by atoms with E-state index in [1.54, 1.807) is 0 Å². The maximum absolute atomic E-state index is 5.66. The molecule has 0 N–H and O–H groups in total. The minimum Gasteiger partial charge on any atom is -0.331 e. The topological polar surface area (TPSA) is 21.7 Å². The van der Waals surface area contributed by atoms with Crippen LogP contribution in [0, 0.1) is 0 Å². The predicted octanol–water partition coefficient (Wildman–Crippen LogP) is 2.22. The number of hydrogen-bond acceptors (Lipinski definition) is 3. The lowest BCUT2D eigenvalue weighted by Gasteiger charge is -2.14. The summed E-state index contributed by atoms with van der Waals surface area (Å²) < 4.78 is 10.7. The Hall–Kier alpha value is 1.34. The van der Waals surface area contributed by atoms with Crippen LogP contribution in [-0.2, 0) is 9.47 Å². The first-order valence-electron chi connectivity index (χ1n) is 4.34. The average Bonchev–Trinajstić information content (AvgIpc) is 2.29. The highest BCUT2D eigenvalue weighted by molar-refractivity contribution is 14.2. The smallest absolute Gasteiger partial charge is 0.275 e. The molecule has 0 aromatic carbocycles. The van der Waals surface area contributed by atoms with Gasteiger partial charge in [0.2, 0.25) is 0 Å². The fourth-order valence-electron chi connectivity index (χ4n) is 1.23. The van der Waals surface area contributed by atoms with Crippen LogP contribution in [0.15, 0.2) is 0 Å². The Morgan fingerprint density at radius 1 is 1.46 bits per heavy atom. The average molecular weight is 411 g/mol. The van der Waals surface area contributed by atoms with Gasteiger partial charge < -0.3 is 14.4 Å². The Balaban J connectivity index is 2.11. The summed E-state index contributed by atoms with van der Waals surface area (Å²) in [7, 11) is 4.18. The first-order valence-corrected chi connectivity index (χ1v) is 6.50. The van der Waals surface area contributed by atoms with Gasteiger partial charge in [0.05, 0.1) is 12.7 Å². The van der Waals surface area contributed by atoms with Crippen molar-refractivity contribution < 1.29 is 9.47 Å². The van der Waals surface area contributed by atoms with Gasteiger partial charge >= 0.3 is 0 Å².